The van der Waals surface area contributed by atoms with Gasteiger partial charge in [-0.05, 0) is 0 Å². The summed E-state index contributed by atoms with van der Waals surface area (Å²) in [5.41, 5.74) is 0. The molecule has 0 aliphatic carbocycles. The van der Waals surface area contributed by atoms with E-state index in [9.17, 15) is 18.0 Å². The predicted octanol–water partition coefficient (Wildman–Crippen LogP) is -1.97. The molecule has 0 saturated heterocycles. The van der Waals surface area contributed by atoms with Crippen LogP contribution in [-0.2, 0) is 6.42 Å². The minimum Gasteiger partial charge on any atom is -1.00 e. The van der Waals surface area contributed by atoms with Gasteiger partial charge < -0.3 is 11.0 Å². The molecule has 1 unspecified atom stereocenters. The third-order valence-electron chi connectivity index (χ3n) is 1.29. The van der Waals surface area contributed by atoms with Gasteiger partial charge in [-0.1, -0.05) is 0 Å². The summed E-state index contributed by atoms with van der Waals surface area (Å²) in [5, 5.41) is 14.4. The number of aromatic nitrogens is 2. The molecule has 0 aliphatic heterocycles. The van der Waals surface area contributed by atoms with Crippen LogP contribution in [0.4, 0.5) is 13.2 Å². The fourth-order valence-electron chi connectivity index (χ4n) is 0.678. The van der Waals surface area contributed by atoms with Crippen LogP contribution in [0.25, 0.3) is 0 Å². The van der Waals surface area contributed by atoms with Crippen molar-refractivity contribution in [1.82, 2.24) is 10.2 Å². The maximum atomic E-state index is 12.4. The van der Waals surface area contributed by atoms with Crippen molar-refractivity contribution < 1.29 is 47.8 Å². The second-order valence-corrected chi connectivity index (χ2v) is 2.36. The van der Waals surface area contributed by atoms with Crippen molar-refractivity contribution in [2.45, 2.75) is 19.0 Å². The van der Waals surface area contributed by atoms with E-state index in [1.807, 2.05) is 0 Å². The number of hydrogen-bond donors (Lipinski definition) is 1. The van der Waals surface area contributed by atoms with Gasteiger partial charge in [-0.2, -0.15) is 0 Å². The van der Waals surface area contributed by atoms with E-state index in [1.165, 1.54) is 0 Å². The molecule has 1 aromatic rings. The van der Waals surface area contributed by atoms with Crippen molar-refractivity contribution in [3.63, 3.8) is 0 Å². The largest absolute Gasteiger partial charge is 1.00 e. The fraction of sp³-hybridized carbons (Fsp3) is 0.500. The van der Waals surface area contributed by atoms with Crippen molar-refractivity contribution >= 4 is 5.97 Å². The molecular weight excluding hydrogens is 212 g/mol. The predicted molar refractivity (Wildman–Crippen MR) is 37.0 cm³/mol. The number of carboxylic acids is 1. The van der Waals surface area contributed by atoms with Gasteiger partial charge in [0.25, 0.3) is 6.43 Å². The maximum absolute atomic E-state index is 12.4. The average molecular weight is 218 g/mol. The first-order chi connectivity index (χ1) is 6.50. The molecule has 1 heterocycles. The Balaban J connectivity index is 0. The van der Waals surface area contributed by atoms with Gasteiger partial charge in [-0.3, -0.25) is 0 Å². The van der Waals surface area contributed by atoms with Gasteiger partial charge in [0.2, 0.25) is 5.89 Å². The average Bonchev–Trinajstić information content (AvgIpc) is 2.52. The molecule has 0 spiro atoms. The summed E-state index contributed by atoms with van der Waals surface area (Å²) in [6.07, 6.45) is -6.38. The number of rotatable bonds is 4. The summed E-state index contributed by atoms with van der Waals surface area (Å²) in [6.45, 7) is 0. The molecule has 0 bridgehead atoms. The summed E-state index contributed by atoms with van der Waals surface area (Å²) in [4.78, 5) is 10.2. The molecule has 0 amide bonds. The molecule has 1 N–H and O–H groups in total. The van der Waals surface area contributed by atoms with Gasteiger partial charge >= 0.3 is 30.7 Å². The monoisotopic (exact) mass is 218 g/mol. The number of carboxylic acid groups (broad SMARTS) is 1. The number of aromatic carboxylic acids is 1. The van der Waals surface area contributed by atoms with Crippen LogP contribution in [0.1, 0.15) is 18.0 Å². The zero-order valence-corrected chi connectivity index (χ0v) is 7.65. The Morgan fingerprint density at radius 3 is 2.47 bits per heavy atom. The standard InChI is InChI=1S/C6H5F3N2O3.Li.H/c7-2(4(8)9)1-3-10-11-5(14-3)6(12)13;;/h2,4H,1H2,(H,12,13);;/q;+1;-1. The summed E-state index contributed by atoms with van der Waals surface area (Å²) >= 11 is 0. The summed E-state index contributed by atoms with van der Waals surface area (Å²) < 4.78 is 40.2. The molecule has 80 valence electrons. The smallest absolute Gasteiger partial charge is 1.00 e. The Morgan fingerprint density at radius 1 is 1.47 bits per heavy atom. The maximum Gasteiger partial charge on any atom is 1.00 e. The molecule has 0 aliphatic rings. The van der Waals surface area contributed by atoms with E-state index in [0.717, 1.165) is 0 Å². The minimum atomic E-state index is -3.16. The second-order valence-electron chi connectivity index (χ2n) is 2.36. The summed E-state index contributed by atoms with van der Waals surface area (Å²) in [6, 6.07) is 0. The number of hydrogen-bond acceptors (Lipinski definition) is 4. The minimum absolute atomic E-state index is 0. The Bertz CT molecular complexity index is 339. The van der Waals surface area contributed by atoms with Gasteiger partial charge in [0.05, 0.1) is 6.42 Å². The fourth-order valence-corrected chi connectivity index (χ4v) is 0.678. The molecular formula is C6H6F3LiN2O3. The molecule has 0 saturated carbocycles. The zero-order chi connectivity index (χ0) is 10.7. The first kappa shape index (κ1) is 14.0. The van der Waals surface area contributed by atoms with Crippen LogP contribution in [0.15, 0.2) is 4.42 Å². The molecule has 15 heavy (non-hydrogen) atoms. The Labute approximate surface area is 95.3 Å². The van der Waals surface area contributed by atoms with E-state index in [4.69, 9.17) is 5.11 Å². The van der Waals surface area contributed by atoms with Crippen LogP contribution in [0, 0.1) is 0 Å². The van der Waals surface area contributed by atoms with Crippen molar-refractivity contribution in [1.29, 1.82) is 0 Å². The van der Waals surface area contributed by atoms with Crippen LogP contribution in [0.5, 0.6) is 0 Å². The summed E-state index contributed by atoms with van der Waals surface area (Å²) in [5.74, 6) is -2.70. The zero-order valence-electron chi connectivity index (χ0n) is 8.65. The molecule has 5 nitrogen and oxygen atoms in total. The third kappa shape index (κ3) is 3.93. The quantitative estimate of drug-likeness (QED) is 0.593. The Hall–Kier alpha value is -1.00. The normalized spacial score (nSPS) is 12.3. The molecule has 0 fully saturated rings. The van der Waals surface area contributed by atoms with Crippen molar-refractivity contribution in [2.75, 3.05) is 0 Å². The van der Waals surface area contributed by atoms with Gasteiger partial charge in [0.15, 0.2) is 6.17 Å². The molecule has 1 rings (SSSR count). The Morgan fingerprint density at radius 2 is 2.07 bits per heavy atom. The van der Waals surface area contributed by atoms with Crippen molar-refractivity contribution in [2.24, 2.45) is 0 Å². The molecule has 9 heteroatoms. The van der Waals surface area contributed by atoms with Crippen LogP contribution < -0.4 is 18.9 Å². The van der Waals surface area contributed by atoms with E-state index in [2.05, 4.69) is 14.6 Å². The first-order valence-electron chi connectivity index (χ1n) is 3.48. The van der Waals surface area contributed by atoms with Crippen LogP contribution in [0.3, 0.4) is 0 Å². The molecule has 1 aromatic heterocycles. The van der Waals surface area contributed by atoms with Gasteiger partial charge in [0, 0.05) is 0 Å². The topological polar surface area (TPSA) is 76.2 Å². The number of alkyl halides is 3. The van der Waals surface area contributed by atoms with E-state index in [1.54, 1.807) is 0 Å². The number of carbonyl (C=O) groups is 1. The van der Waals surface area contributed by atoms with Gasteiger partial charge in [0.1, 0.15) is 0 Å². The van der Waals surface area contributed by atoms with Crippen molar-refractivity contribution in [3.05, 3.63) is 11.8 Å². The Kier molecular flexibility index (Phi) is 5.39. The van der Waals surface area contributed by atoms with E-state index < -0.39 is 36.8 Å². The van der Waals surface area contributed by atoms with E-state index in [0.29, 0.717) is 0 Å². The van der Waals surface area contributed by atoms with Crippen molar-refractivity contribution in [3.8, 4) is 0 Å². The van der Waals surface area contributed by atoms with Crippen LogP contribution in [0.2, 0.25) is 0 Å². The second kappa shape index (κ2) is 5.78. The molecule has 1 atom stereocenters. The van der Waals surface area contributed by atoms with E-state index >= 15 is 0 Å². The van der Waals surface area contributed by atoms with Crippen LogP contribution >= 0.6 is 0 Å². The summed E-state index contributed by atoms with van der Waals surface area (Å²) in [7, 11) is 0. The first-order valence-corrected chi connectivity index (χ1v) is 3.48. The van der Waals surface area contributed by atoms with Crippen LogP contribution in [-0.4, -0.2) is 33.9 Å². The SMILES string of the molecule is O=C(O)c1nnc(CC(F)C(F)F)o1.[H-].[Li+]. The number of nitrogens with zero attached hydrogens (tertiary/aromatic N) is 2. The van der Waals surface area contributed by atoms with Gasteiger partial charge in [-0.15, -0.1) is 10.2 Å². The third-order valence-corrected chi connectivity index (χ3v) is 1.29. The van der Waals surface area contributed by atoms with Gasteiger partial charge in [-0.25, -0.2) is 18.0 Å². The number of halogens is 3. The molecule has 0 radical (unpaired) electrons. The van der Waals surface area contributed by atoms with E-state index in [-0.39, 0.29) is 20.3 Å². The molecule has 0 aromatic carbocycles.